The molecular formula is C26H30N8O3S. The Morgan fingerprint density at radius 2 is 1.95 bits per heavy atom. The molecule has 6 rings (SSSR count). The number of hydrogen-bond donors (Lipinski definition) is 2. The molecule has 1 atom stereocenters. The number of piperazine rings is 1. The number of benzene rings is 1. The number of aryl methyl sites for hydroxylation is 1. The molecule has 0 spiro atoms. The molecule has 0 saturated carbocycles. The number of carbonyl (C=O) groups is 2. The summed E-state index contributed by atoms with van der Waals surface area (Å²) >= 11 is 1.65. The maximum Gasteiger partial charge on any atom is 0.319 e. The van der Waals surface area contributed by atoms with Crippen molar-refractivity contribution in [1.82, 2.24) is 34.9 Å². The van der Waals surface area contributed by atoms with Crippen LogP contribution in [0.1, 0.15) is 16.9 Å². The molecule has 3 amide bonds. The largest absolute Gasteiger partial charge is 0.494 e. The maximum absolute atomic E-state index is 13.4. The van der Waals surface area contributed by atoms with E-state index in [1.54, 1.807) is 54.9 Å². The molecule has 0 bridgehead atoms. The molecule has 4 aromatic rings. The van der Waals surface area contributed by atoms with Gasteiger partial charge in [-0.1, -0.05) is 0 Å². The van der Waals surface area contributed by atoms with Crippen LogP contribution in [0, 0.1) is 5.92 Å². The fraction of sp³-hybridized carbons (Fsp3) is 0.423. The number of rotatable bonds is 4. The van der Waals surface area contributed by atoms with E-state index in [1.807, 2.05) is 17.0 Å². The normalized spacial score (nSPS) is 17.5. The summed E-state index contributed by atoms with van der Waals surface area (Å²) in [5.41, 5.74) is 2.92. The molecule has 1 fully saturated rings. The van der Waals surface area contributed by atoms with Gasteiger partial charge in [-0.25, -0.2) is 14.8 Å². The number of methoxy groups -OCH3 is 1. The predicted octanol–water partition coefficient (Wildman–Crippen LogP) is 3.25. The molecule has 4 heterocycles. The number of hydrogen-bond acceptors (Lipinski definition) is 8. The minimum atomic E-state index is -0.0559. The van der Waals surface area contributed by atoms with Gasteiger partial charge in [0.2, 0.25) is 5.91 Å². The summed E-state index contributed by atoms with van der Waals surface area (Å²) in [5.74, 6) is 1.56. The van der Waals surface area contributed by atoms with Crippen molar-refractivity contribution in [2.75, 3.05) is 52.7 Å². The van der Waals surface area contributed by atoms with Gasteiger partial charge in [0.1, 0.15) is 22.7 Å². The summed E-state index contributed by atoms with van der Waals surface area (Å²) in [4.78, 5) is 42.2. The number of aromatic nitrogens is 4. The van der Waals surface area contributed by atoms with Crippen molar-refractivity contribution in [2.45, 2.75) is 19.3 Å². The van der Waals surface area contributed by atoms with Crippen molar-refractivity contribution < 1.29 is 14.3 Å². The lowest BCUT2D eigenvalue weighted by atomic mass is 9.86. The van der Waals surface area contributed by atoms with E-state index in [0.29, 0.717) is 38.3 Å². The molecule has 2 aliphatic rings. The number of aromatic amines is 1. The van der Waals surface area contributed by atoms with Gasteiger partial charge in [0.05, 0.1) is 29.9 Å². The number of nitrogens with zero attached hydrogens (tertiary/aromatic N) is 6. The van der Waals surface area contributed by atoms with Crippen molar-refractivity contribution in [1.29, 1.82) is 0 Å². The van der Waals surface area contributed by atoms with E-state index in [2.05, 4.69) is 25.5 Å². The van der Waals surface area contributed by atoms with E-state index in [4.69, 9.17) is 4.74 Å². The van der Waals surface area contributed by atoms with Crippen LogP contribution in [0.15, 0.2) is 24.7 Å². The summed E-state index contributed by atoms with van der Waals surface area (Å²) in [7, 11) is 5.15. The second-order valence-electron chi connectivity index (χ2n) is 9.97. The first kappa shape index (κ1) is 24.4. The first-order valence-corrected chi connectivity index (χ1v) is 13.5. The summed E-state index contributed by atoms with van der Waals surface area (Å²) in [6.45, 7) is 2.30. The van der Waals surface area contributed by atoms with Gasteiger partial charge in [-0.3, -0.25) is 9.89 Å². The van der Waals surface area contributed by atoms with Gasteiger partial charge in [0.25, 0.3) is 0 Å². The number of amides is 3. The quantitative estimate of drug-likeness (QED) is 0.412. The maximum atomic E-state index is 13.4. The first-order chi connectivity index (χ1) is 18.4. The average molecular weight is 535 g/mol. The van der Waals surface area contributed by atoms with Crippen molar-refractivity contribution >= 4 is 55.9 Å². The highest BCUT2D eigenvalue weighted by molar-refractivity contribution is 7.19. The van der Waals surface area contributed by atoms with Gasteiger partial charge < -0.3 is 24.8 Å². The molecule has 2 N–H and O–H groups in total. The molecule has 1 aliphatic heterocycles. The third kappa shape index (κ3) is 4.28. The molecule has 3 aromatic heterocycles. The number of H-pyrrole nitrogens is 1. The van der Waals surface area contributed by atoms with Crippen LogP contribution in [0.4, 0.5) is 16.3 Å². The molecular weight excluding hydrogens is 504 g/mol. The average Bonchev–Trinajstić information content (AvgIpc) is 3.55. The van der Waals surface area contributed by atoms with E-state index < -0.39 is 0 Å². The molecule has 0 radical (unpaired) electrons. The van der Waals surface area contributed by atoms with Gasteiger partial charge in [0, 0.05) is 62.5 Å². The molecule has 1 aliphatic carbocycles. The summed E-state index contributed by atoms with van der Waals surface area (Å²) in [5, 5.41) is 12.5. The highest BCUT2D eigenvalue weighted by Crippen LogP contribution is 2.42. The van der Waals surface area contributed by atoms with Crippen molar-refractivity contribution in [3.63, 3.8) is 0 Å². The minimum absolute atomic E-state index is 0.00230. The number of urea groups is 1. The Morgan fingerprint density at radius 1 is 1.16 bits per heavy atom. The van der Waals surface area contributed by atoms with Gasteiger partial charge in [-0.2, -0.15) is 5.10 Å². The lowest BCUT2D eigenvalue weighted by molar-refractivity contribution is -0.137. The Kier molecular flexibility index (Phi) is 6.26. The van der Waals surface area contributed by atoms with Crippen LogP contribution in [-0.2, 0) is 17.6 Å². The number of nitrogens with one attached hydrogen (secondary N) is 2. The number of ether oxygens (including phenoxy) is 1. The Balaban J connectivity index is 1.21. The Bertz CT molecular complexity index is 1520. The monoisotopic (exact) mass is 534 g/mol. The summed E-state index contributed by atoms with van der Waals surface area (Å²) < 4.78 is 5.61. The van der Waals surface area contributed by atoms with E-state index in [1.165, 1.54) is 10.4 Å². The van der Waals surface area contributed by atoms with Crippen LogP contribution in [0.5, 0.6) is 5.75 Å². The first-order valence-electron chi connectivity index (χ1n) is 12.7. The van der Waals surface area contributed by atoms with Crippen LogP contribution in [-0.4, -0.2) is 94.2 Å². The van der Waals surface area contributed by atoms with E-state index >= 15 is 0 Å². The molecule has 198 valence electrons. The van der Waals surface area contributed by atoms with Crippen LogP contribution >= 0.6 is 11.3 Å². The second kappa shape index (κ2) is 9.75. The zero-order valence-electron chi connectivity index (χ0n) is 21.7. The highest BCUT2D eigenvalue weighted by atomic mass is 32.1. The zero-order chi connectivity index (χ0) is 26.4. The van der Waals surface area contributed by atoms with Gasteiger partial charge in [-0.15, -0.1) is 11.3 Å². The van der Waals surface area contributed by atoms with Crippen molar-refractivity contribution in [2.24, 2.45) is 5.92 Å². The molecule has 1 saturated heterocycles. The lowest BCUT2D eigenvalue weighted by Crippen LogP contribution is -2.54. The van der Waals surface area contributed by atoms with Crippen LogP contribution in [0.3, 0.4) is 0 Å². The fourth-order valence-electron chi connectivity index (χ4n) is 5.44. The second-order valence-corrected chi connectivity index (χ2v) is 11.1. The standard InChI is InChI=1S/C26H30N8O3S/c1-32(2)26(36)34-8-6-33(7-9-34)25(35)15-4-5-17-21(11-15)38-24-22(17)23(27-14-28-24)30-19-10-16-13-29-31-18(16)12-20(19)37-3/h10,12-15H,4-9,11H2,1-3H3,(H,29,31)(H,27,28,30). The van der Waals surface area contributed by atoms with Crippen molar-refractivity contribution in [3.05, 3.63) is 35.1 Å². The summed E-state index contributed by atoms with van der Waals surface area (Å²) in [6.07, 6.45) is 5.64. The fourth-order valence-corrected chi connectivity index (χ4v) is 6.71. The van der Waals surface area contributed by atoms with Gasteiger partial charge in [-0.05, 0) is 30.9 Å². The highest BCUT2D eigenvalue weighted by Gasteiger charge is 2.33. The third-order valence-corrected chi connectivity index (χ3v) is 8.61. The summed E-state index contributed by atoms with van der Waals surface area (Å²) in [6, 6.07) is 3.90. The SMILES string of the molecule is COc1cc2[nH]ncc2cc1Nc1ncnc2sc3c(c12)CCC(C(=O)N1CCN(C(=O)N(C)C)CC1)C3. The lowest BCUT2D eigenvalue weighted by Gasteiger charge is -2.38. The number of fused-ring (bicyclic) bond motifs is 4. The number of carbonyl (C=O) groups excluding carboxylic acids is 2. The van der Waals surface area contributed by atoms with Crippen molar-refractivity contribution in [3.8, 4) is 5.75 Å². The zero-order valence-corrected chi connectivity index (χ0v) is 22.5. The minimum Gasteiger partial charge on any atom is -0.494 e. The van der Waals surface area contributed by atoms with Crippen LogP contribution in [0.2, 0.25) is 0 Å². The Labute approximate surface area is 223 Å². The van der Waals surface area contributed by atoms with Crippen LogP contribution in [0.25, 0.3) is 21.1 Å². The van der Waals surface area contributed by atoms with Gasteiger partial charge >= 0.3 is 6.03 Å². The number of thiophene rings is 1. The predicted molar refractivity (Wildman–Crippen MR) is 146 cm³/mol. The molecule has 11 nitrogen and oxygen atoms in total. The molecule has 12 heteroatoms. The van der Waals surface area contributed by atoms with Gasteiger partial charge in [0.15, 0.2) is 0 Å². The molecule has 1 unspecified atom stereocenters. The Hall–Kier alpha value is -3.93. The third-order valence-electron chi connectivity index (χ3n) is 7.45. The number of anilines is 2. The molecule has 1 aromatic carbocycles. The van der Waals surface area contributed by atoms with E-state index in [9.17, 15) is 9.59 Å². The Morgan fingerprint density at radius 3 is 2.71 bits per heavy atom. The van der Waals surface area contributed by atoms with Crippen LogP contribution < -0.4 is 10.1 Å². The smallest absolute Gasteiger partial charge is 0.319 e. The molecule has 38 heavy (non-hydrogen) atoms. The van der Waals surface area contributed by atoms with E-state index in [0.717, 1.165) is 45.5 Å². The van der Waals surface area contributed by atoms with E-state index in [-0.39, 0.29) is 17.9 Å². The topological polar surface area (TPSA) is 120 Å².